The molecule has 2 aromatic carbocycles. The summed E-state index contributed by atoms with van der Waals surface area (Å²) in [6.45, 7) is 1.86. The van der Waals surface area contributed by atoms with Gasteiger partial charge in [-0.3, -0.25) is 4.72 Å². The summed E-state index contributed by atoms with van der Waals surface area (Å²) < 4.78 is 28.5. The third-order valence-electron chi connectivity index (χ3n) is 2.71. The molecule has 0 aliphatic carbocycles. The molecule has 0 bridgehead atoms. The third kappa shape index (κ3) is 3.34. The Hall–Kier alpha value is -1.05. The Morgan fingerprint density at radius 2 is 1.80 bits per heavy atom. The van der Waals surface area contributed by atoms with Crippen LogP contribution in [0, 0.1) is 6.92 Å². The van der Waals surface area contributed by atoms with Gasteiger partial charge in [0, 0.05) is 14.6 Å². The molecule has 0 aromatic heterocycles. The van der Waals surface area contributed by atoms with Gasteiger partial charge in [-0.05, 0) is 58.7 Å². The Bertz CT molecular complexity index is 761. The summed E-state index contributed by atoms with van der Waals surface area (Å²) in [4.78, 5) is 0.167. The highest BCUT2D eigenvalue weighted by Crippen LogP contribution is 2.28. The Balaban J connectivity index is 2.38. The average Bonchev–Trinajstić information content (AvgIpc) is 2.33. The molecule has 0 radical (unpaired) electrons. The Kier molecular flexibility index (Phi) is 4.41. The monoisotopic (exact) mass is 418 g/mol. The number of nitrogens with one attached hydrogen (secondary N) is 1. The van der Waals surface area contributed by atoms with Crippen LogP contribution < -0.4 is 10.5 Å². The van der Waals surface area contributed by atoms with Crippen LogP contribution in [0.15, 0.2) is 50.2 Å². The number of nitrogen functional groups attached to an aromatic ring is 1. The molecule has 0 saturated carbocycles. The fourth-order valence-corrected chi connectivity index (χ4v) is 4.40. The van der Waals surface area contributed by atoms with Crippen LogP contribution in [0.5, 0.6) is 0 Å². The molecule has 0 saturated heterocycles. The van der Waals surface area contributed by atoms with E-state index in [1.54, 1.807) is 30.3 Å². The van der Waals surface area contributed by atoms with Crippen molar-refractivity contribution in [2.24, 2.45) is 0 Å². The van der Waals surface area contributed by atoms with Crippen LogP contribution in [0.2, 0.25) is 0 Å². The van der Waals surface area contributed by atoms with Crippen LogP contribution in [0.25, 0.3) is 0 Å². The highest BCUT2D eigenvalue weighted by molar-refractivity contribution is 9.11. The molecule has 7 heteroatoms. The predicted octanol–water partition coefficient (Wildman–Crippen LogP) is 3.90. The number of halogens is 2. The van der Waals surface area contributed by atoms with E-state index in [9.17, 15) is 8.42 Å². The van der Waals surface area contributed by atoms with Gasteiger partial charge in [0.05, 0.1) is 5.69 Å². The molecule has 0 atom stereocenters. The quantitative estimate of drug-likeness (QED) is 0.741. The molecule has 3 N–H and O–H groups in total. The van der Waals surface area contributed by atoms with Gasteiger partial charge < -0.3 is 5.73 Å². The van der Waals surface area contributed by atoms with E-state index in [1.165, 1.54) is 6.07 Å². The fourth-order valence-electron chi connectivity index (χ4n) is 1.61. The van der Waals surface area contributed by atoms with Crippen LogP contribution in [-0.4, -0.2) is 8.42 Å². The van der Waals surface area contributed by atoms with Crippen molar-refractivity contribution in [2.75, 3.05) is 10.5 Å². The van der Waals surface area contributed by atoms with Crippen molar-refractivity contribution in [3.05, 3.63) is 50.9 Å². The van der Waals surface area contributed by atoms with E-state index < -0.39 is 10.0 Å². The van der Waals surface area contributed by atoms with Crippen molar-refractivity contribution in [2.45, 2.75) is 11.8 Å². The van der Waals surface area contributed by atoms with Crippen molar-refractivity contribution >= 4 is 53.3 Å². The maximum atomic E-state index is 12.3. The van der Waals surface area contributed by atoms with Gasteiger partial charge in [0.1, 0.15) is 4.90 Å². The zero-order valence-electron chi connectivity index (χ0n) is 10.5. The smallest absolute Gasteiger partial charge is 0.263 e. The first-order chi connectivity index (χ1) is 9.29. The predicted molar refractivity (Wildman–Crippen MR) is 88.2 cm³/mol. The minimum atomic E-state index is -3.66. The second kappa shape index (κ2) is 5.75. The fraction of sp³-hybridized carbons (Fsp3) is 0.0769. The molecule has 0 fully saturated rings. The second-order valence-electron chi connectivity index (χ2n) is 4.25. The number of nitrogens with two attached hydrogens (primary N) is 1. The van der Waals surface area contributed by atoms with Gasteiger partial charge >= 0.3 is 0 Å². The maximum absolute atomic E-state index is 12.3. The first-order valence-corrected chi connectivity index (χ1v) is 8.70. The van der Waals surface area contributed by atoms with Crippen LogP contribution in [0.1, 0.15) is 5.56 Å². The Morgan fingerprint density at radius 3 is 2.40 bits per heavy atom. The number of hydrogen-bond donors (Lipinski definition) is 2. The van der Waals surface area contributed by atoms with Gasteiger partial charge in [0.25, 0.3) is 10.0 Å². The van der Waals surface area contributed by atoms with Crippen LogP contribution >= 0.6 is 31.9 Å². The van der Waals surface area contributed by atoms with E-state index in [2.05, 4.69) is 36.6 Å². The minimum absolute atomic E-state index is 0.167. The molecule has 2 aromatic rings. The maximum Gasteiger partial charge on any atom is 0.263 e. The summed E-state index contributed by atoms with van der Waals surface area (Å²) in [5.74, 6) is 0. The van der Waals surface area contributed by atoms with Gasteiger partial charge in [-0.15, -0.1) is 0 Å². The first kappa shape index (κ1) is 15.3. The van der Waals surface area contributed by atoms with Crippen molar-refractivity contribution in [3.8, 4) is 0 Å². The molecule has 4 nitrogen and oxygen atoms in total. The van der Waals surface area contributed by atoms with Crippen molar-refractivity contribution < 1.29 is 8.42 Å². The number of aryl methyl sites for hydroxylation is 1. The first-order valence-electron chi connectivity index (χ1n) is 5.63. The van der Waals surface area contributed by atoms with Gasteiger partial charge in [-0.25, -0.2) is 8.42 Å². The SMILES string of the molecule is Cc1ccc(NS(=O)(=O)c2ccc(Br)cc2Br)cc1N. The molecule has 0 aliphatic rings. The molecule has 0 aliphatic heterocycles. The molecular formula is C13H12Br2N2O2S. The summed E-state index contributed by atoms with van der Waals surface area (Å²) in [5, 5.41) is 0. The number of hydrogen-bond acceptors (Lipinski definition) is 3. The van der Waals surface area contributed by atoms with E-state index in [-0.39, 0.29) is 4.90 Å². The zero-order chi connectivity index (χ0) is 14.9. The van der Waals surface area contributed by atoms with Crippen molar-refractivity contribution in [3.63, 3.8) is 0 Å². The number of sulfonamides is 1. The lowest BCUT2D eigenvalue weighted by molar-refractivity contribution is 0.600. The lowest BCUT2D eigenvalue weighted by Gasteiger charge is -2.11. The lowest BCUT2D eigenvalue weighted by Crippen LogP contribution is -2.13. The van der Waals surface area contributed by atoms with Crippen LogP contribution in [-0.2, 0) is 10.0 Å². The van der Waals surface area contributed by atoms with Gasteiger partial charge in [-0.1, -0.05) is 22.0 Å². The molecule has 106 valence electrons. The molecule has 0 unspecified atom stereocenters. The Labute approximate surface area is 134 Å². The number of anilines is 2. The lowest BCUT2D eigenvalue weighted by atomic mass is 10.2. The molecule has 2 rings (SSSR count). The number of benzene rings is 2. The van der Waals surface area contributed by atoms with E-state index in [1.807, 2.05) is 6.92 Å². The van der Waals surface area contributed by atoms with Crippen LogP contribution in [0.3, 0.4) is 0 Å². The molecule has 0 amide bonds. The summed E-state index contributed by atoms with van der Waals surface area (Å²) in [6, 6.07) is 9.91. The highest BCUT2D eigenvalue weighted by atomic mass is 79.9. The summed E-state index contributed by atoms with van der Waals surface area (Å²) in [7, 11) is -3.66. The van der Waals surface area contributed by atoms with Gasteiger partial charge in [-0.2, -0.15) is 0 Å². The minimum Gasteiger partial charge on any atom is -0.398 e. The molecule has 0 heterocycles. The standard InChI is InChI=1S/C13H12Br2N2O2S/c1-8-2-4-10(7-12(8)16)17-20(18,19)13-5-3-9(14)6-11(13)15/h2-7,17H,16H2,1H3. The molecule has 0 spiro atoms. The summed E-state index contributed by atoms with van der Waals surface area (Å²) in [5.41, 5.74) is 7.65. The molecule has 20 heavy (non-hydrogen) atoms. The van der Waals surface area contributed by atoms with Gasteiger partial charge in [0.2, 0.25) is 0 Å². The van der Waals surface area contributed by atoms with Crippen molar-refractivity contribution in [1.29, 1.82) is 0 Å². The average molecular weight is 420 g/mol. The van der Waals surface area contributed by atoms with E-state index in [4.69, 9.17) is 5.73 Å². The molecular weight excluding hydrogens is 408 g/mol. The second-order valence-corrected chi connectivity index (χ2v) is 7.67. The van der Waals surface area contributed by atoms with Crippen LogP contribution in [0.4, 0.5) is 11.4 Å². The van der Waals surface area contributed by atoms with Crippen molar-refractivity contribution in [1.82, 2.24) is 0 Å². The number of rotatable bonds is 3. The highest BCUT2D eigenvalue weighted by Gasteiger charge is 2.18. The normalized spacial score (nSPS) is 11.3. The summed E-state index contributed by atoms with van der Waals surface area (Å²) >= 11 is 6.53. The van der Waals surface area contributed by atoms with Gasteiger partial charge in [0.15, 0.2) is 0 Å². The largest absolute Gasteiger partial charge is 0.398 e. The third-order valence-corrected chi connectivity index (χ3v) is 5.57. The Morgan fingerprint density at radius 1 is 1.10 bits per heavy atom. The van der Waals surface area contributed by atoms with E-state index in [0.29, 0.717) is 15.8 Å². The summed E-state index contributed by atoms with van der Waals surface area (Å²) in [6.07, 6.45) is 0. The topological polar surface area (TPSA) is 72.2 Å². The van der Waals surface area contributed by atoms with E-state index in [0.717, 1.165) is 10.0 Å². The zero-order valence-corrected chi connectivity index (χ0v) is 14.5. The van der Waals surface area contributed by atoms with E-state index >= 15 is 0 Å².